The van der Waals surface area contributed by atoms with Gasteiger partial charge in [-0.25, -0.2) is 9.18 Å². The molecule has 2 atom stereocenters. The largest absolute Gasteiger partial charge is 0.465 e. The van der Waals surface area contributed by atoms with Gasteiger partial charge in [-0.3, -0.25) is 9.69 Å². The molecule has 7 heteroatoms. The first kappa shape index (κ1) is 13.6. The molecule has 2 rings (SSSR count). The number of anilines is 1. The first-order valence-electron chi connectivity index (χ1n) is 5.67. The molecule has 0 aliphatic carbocycles. The Morgan fingerprint density at radius 3 is 2.84 bits per heavy atom. The second-order valence-electron chi connectivity index (χ2n) is 4.28. The van der Waals surface area contributed by atoms with Crippen LogP contribution >= 0.6 is 11.6 Å². The smallest absolute Gasteiger partial charge is 0.408 e. The monoisotopic (exact) mass is 286 g/mol. The van der Waals surface area contributed by atoms with Crippen LogP contribution < -0.4 is 5.32 Å². The van der Waals surface area contributed by atoms with Crippen LogP contribution in [0.1, 0.15) is 6.42 Å². The lowest BCUT2D eigenvalue weighted by molar-refractivity contribution is -0.119. The summed E-state index contributed by atoms with van der Waals surface area (Å²) in [5.74, 6) is -0.551. The van der Waals surface area contributed by atoms with Crippen molar-refractivity contribution in [1.29, 1.82) is 0 Å². The number of rotatable bonds is 2. The third-order valence-electron chi connectivity index (χ3n) is 2.89. The molecule has 2 N–H and O–H groups in total. The van der Waals surface area contributed by atoms with Crippen LogP contribution in [0.4, 0.5) is 14.9 Å². The average Bonchev–Trinajstić information content (AvgIpc) is 2.71. The highest BCUT2D eigenvalue weighted by atomic mass is 35.5. The minimum Gasteiger partial charge on any atom is -0.465 e. The summed E-state index contributed by atoms with van der Waals surface area (Å²) in [5, 5.41) is 11.9. The Morgan fingerprint density at radius 1 is 1.47 bits per heavy atom. The Balaban J connectivity index is 2.09. The number of amides is 2. The summed E-state index contributed by atoms with van der Waals surface area (Å²) in [6, 6.07) is 5.45. The van der Waals surface area contributed by atoms with Crippen LogP contribution in [0.15, 0.2) is 24.3 Å². The molecular weight excluding hydrogens is 275 g/mol. The molecule has 5 nitrogen and oxygen atoms in total. The van der Waals surface area contributed by atoms with Crippen molar-refractivity contribution >= 4 is 29.3 Å². The van der Waals surface area contributed by atoms with Gasteiger partial charge < -0.3 is 10.4 Å². The van der Waals surface area contributed by atoms with E-state index < -0.39 is 24.2 Å². The van der Waals surface area contributed by atoms with E-state index in [9.17, 15) is 14.0 Å². The molecule has 0 aromatic heterocycles. The lowest BCUT2D eigenvalue weighted by Gasteiger charge is -2.20. The van der Waals surface area contributed by atoms with E-state index in [0.29, 0.717) is 10.7 Å². The number of nitrogens with one attached hydrogen (secondary N) is 1. The number of hydrogen-bond acceptors (Lipinski definition) is 2. The lowest BCUT2D eigenvalue weighted by atomic mass is 10.2. The van der Waals surface area contributed by atoms with E-state index in [1.54, 1.807) is 18.2 Å². The van der Waals surface area contributed by atoms with Crippen molar-refractivity contribution in [2.24, 2.45) is 0 Å². The molecule has 1 aromatic rings. The maximum atomic E-state index is 13.2. The van der Waals surface area contributed by atoms with Crippen molar-refractivity contribution in [3.8, 4) is 0 Å². The Kier molecular flexibility index (Phi) is 3.90. The molecule has 1 aromatic carbocycles. The van der Waals surface area contributed by atoms with Gasteiger partial charge in [-0.1, -0.05) is 17.7 Å². The molecule has 102 valence electrons. The number of likely N-dealkylation sites (tertiary alicyclic amines) is 1. The van der Waals surface area contributed by atoms with Gasteiger partial charge in [-0.2, -0.15) is 0 Å². The molecule has 0 unspecified atom stereocenters. The second kappa shape index (κ2) is 5.44. The topological polar surface area (TPSA) is 69.6 Å². The summed E-state index contributed by atoms with van der Waals surface area (Å²) in [5.41, 5.74) is 0.449. The van der Waals surface area contributed by atoms with Crippen LogP contribution in [0.25, 0.3) is 0 Å². The Hall–Kier alpha value is -1.82. The molecule has 0 saturated carbocycles. The van der Waals surface area contributed by atoms with Crippen LogP contribution in [0.5, 0.6) is 0 Å². The fraction of sp³-hybridized carbons (Fsp3) is 0.333. The maximum absolute atomic E-state index is 13.2. The van der Waals surface area contributed by atoms with Crippen molar-refractivity contribution in [2.75, 3.05) is 11.9 Å². The van der Waals surface area contributed by atoms with E-state index in [0.717, 1.165) is 4.90 Å². The summed E-state index contributed by atoms with van der Waals surface area (Å²) >= 11 is 5.77. The minimum absolute atomic E-state index is 0.126. The van der Waals surface area contributed by atoms with Crippen LogP contribution in [0.3, 0.4) is 0 Å². The van der Waals surface area contributed by atoms with Crippen LogP contribution in [0, 0.1) is 0 Å². The molecule has 0 bridgehead atoms. The Morgan fingerprint density at radius 2 is 2.21 bits per heavy atom. The number of hydrogen-bond donors (Lipinski definition) is 2. The summed E-state index contributed by atoms with van der Waals surface area (Å²) in [7, 11) is 0. The zero-order valence-electron chi connectivity index (χ0n) is 9.85. The van der Waals surface area contributed by atoms with Crippen LogP contribution in [-0.4, -0.2) is 40.8 Å². The van der Waals surface area contributed by atoms with Crippen LogP contribution in [-0.2, 0) is 4.79 Å². The van der Waals surface area contributed by atoms with Gasteiger partial charge in [-0.15, -0.1) is 0 Å². The summed E-state index contributed by atoms with van der Waals surface area (Å²) < 4.78 is 13.2. The van der Waals surface area contributed by atoms with E-state index in [-0.39, 0.29) is 13.0 Å². The number of carbonyl (C=O) groups is 2. The number of halogens is 2. The van der Waals surface area contributed by atoms with E-state index in [1.165, 1.54) is 6.07 Å². The lowest BCUT2D eigenvalue weighted by Crippen LogP contribution is -2.42. The van der Waals surface area contributed by atoms with E-state index in [4.69, 9.17) is 16.7 Å². The van der Waals surface area contributed by atoms with E-state index >= 15 is 0 Å². The highest BCUT2D eigenvalue weighted by Crippen LogP contribution is 2.22. The predicted molar refractivity (Wildman–Crippen MR) is 68.1 cm³/mol. The first-order chi connectivity index (χ1) is 8.97. The SMILES string of the molecule is O=C(Nc1cccc(Cl)c1)[C@@H]1C[C@@H](F)CN1C(=O)O. The van der Waals surface area contributed by atoms with Gasteiger partial charge in [0.05, 0.1) is 6.54 Å². The van der Waals surface area contributed by atoms with Crippen molar-refractivity contribution < 1.29 is 19.1 Å². The molecule has 1 aliphatic heterocycles. The quantitative estimate of drug-likeness (QED) is 0.877. The third-order valence-corrected chi connectivity index (χ3v) is 3.13. The number of nitrogens with zero attached hydrogens (tertiary/aromatic N) is 1. The molecule has 1 saturated heterocycles. The number of benzene rings is 1. The number of alkyl halides is 1. The number of carbonyl (C=O) groups excluding carboxylic acids is 1. The fourth-order valence-electron chi connectivity index (χ4n) is 2.04. The van der Waals surface area contributed by atoms with Crippen molar-refractivity contribution in [3.63, 3.8) is 0 Å². The third kappa shape index (κ3) is 3.14. The molecule has 2 amide bonds. The van der Waals surface area contributed by atoms with Gasteiger partial charge >= 0.3 is 6.09 Å². The molecule has 0 spiro atoms. The van der Waals surface area contributed by atoms with Crippen molar-refractivity contribution in [1.82, 2.24) is 4.90 Å². The zero-order chi connectivity index (χ0) is 14.0. The van der Waals surface area contributed by atoms with Gasteiger partial charge in [0.1, 0.15) is 12.2 Å². The normalized spacial score (nSPS) is 22.3. The van der Waals surface area contributed by atoms with E-state index in [2.05, 4.69) is 5.32 Å². The van der Waals surface area contributed by atoms with Gasteiger partial charge in [-0.05, 0) is 18.2 Å². The Bertz CT molecular complexity index is 512. The van der Waals surface area contributed by atoms with Crippen LogP contribution in [0.2, 0.25) is 5.02 Å². The Labute approximate surface area is 114 Å². The first-order valence-corrected chi connectivity index (χ1v) is 6.05. The highest BCUT2D eigenvalue weighted by Gasteiger charge is 2.39. The van der Waals surface area contributed by atoms with Gasteiger partial charge in [0.25, 0.3) is 0 Å². The van der Waals surface area contributed by atoms with Crippen molar-refractivity contribution in [3.05, 3.63) is 29.3 Å². The maximum Gasteiger partial charge on any atom is 0.408 e. The molecule has 1 fully saturated rings. The summed E-state index contributed by atoms with van der Waals surface area (Å²) in [6.45, 7) is -0.275. The molecule has 19 heavy (non-hydrogen) atoms. The highest BCUT2D eigenvalue weighted by molar-refractivity contribution is 6.30. The molecule has 1 heterocycles. The average molecular weight is 287 g/mol. The summed E-state index contributed by atoms with van der Waals surface area (Å²) in [6.07, 6.45) is -2.74. The van der Waals surface area contributed by atoms with Gasteiger partial charge in [0, 0.05) is 17.1 Å². The second-order valence-corrected chi connectivity index (χ2v) is 4.72. The molecule has 0 radical (unpaired) electrons. The summed E-state index contributed by atoms with van der Waals surface area (Å²) in [4.78, 5) is 23.7. The minimum atomic E-state index is -1.31. The molecular formula is C12H12ClFN2O3. The number of carboxylic acid groups (broad SMARTS) is 1. The molecule has 1 aliphatic rings. The van der Waals surface area contributed by atoms with Gasteiger partial charge in [0.15, 0.2) is 0 Å². The standard InChI is InChI=1S/C12H12ClFN2O3/c13-7-2-1-3-9(4-7)15-11(17)10-5-8(14)6-16(10)12(18)19/h1-4,8,10H,5-6H2,(H,15,17)(H,18,19)/t8-,10+/m1/s1. The van der Waals surface area contributed by atoms with Gasteiger partial charge in [0.2, 0.25) is 5.91 Å². The predicted octanol–water partition coefficient (Wildman–Crippen LogP) is 2.37. The zero-order valence-corrected chi connectivity index (χ0v) is 10.6. The fourth-order valence-corrected chi connectivity index (χ4v) is 2.23. The van der Waals surface area contributed by atoms with Crippen molar-refractivity contribution in [2.45, 2.75) is 18.6 Å². The van der Waals surface area contributed by atoms with E-state index in [1.807, 2.05) is 0 Å².